The van der Waals surface area contributed by atoms with Crippen LogP contribution in [0.15, 0.2) is 60.7 Å². The molecule has 0 bridgehead atoms. The first-order chi connectivity index (χ1) is 15.8. The van der Waals surface area contributed by atoms with E-state index in [-0.39, 0.29) is 35.4 Å². The molecule has 7 nitrogen and oxygen atoms in total. The zero-order valence-electron chi connectivity index (χ0n) is 18.6. The Labute approximate surface area is 191 Å². The fourth-order valence-electron chi connectivity index (χ4n) is 3.98. The van der Waals surface area contributed by atoms with Crippen molar-refractivity contribution in [2.45, 2.75) is 18.9 Å². The minimum absolute atomic E-state index is 0.114. The monoisotopic (exact) mass is 448 g/mol. The average Bonchev–Trinajstić information content (AvgIpc) is 2.74. The third-order valence-electron chi connectivity index (χ3n) is 5.79. The van der Waals surface area contributed by atoms with Gasteiger partial charge in [-0.3, -0.25) is 14.9 Å². The molecule has 0 atom stereocenters. The van der Waals surface area contributed by atoms with Crippen LogP contribution in [-0.4, -0.2) is 52.8 Å². The smallest absolute Gasteiger partial charge is 0.291 e. The van der Waals surface area contributed by atoms with Gasteiger partial charge in [0.05, 0.1) is 17.0 Å². The number of carbonyl (C=O) groups excluding carboxylic acids is 1. The van der Waals surface area contributed by atoms with Crippen LogP contribution in [0.3, 0.4) is 0 Å². The van der Waals surface area contributed by atoms with Crippen molar-refractivity contribution >= 4 is 11.6 Å². The normalized spacial score (nSPS) is 13.8. The van der Waals surface area contributed by atoms with Crippen molar-refractivity contribution in [3.8, 4) is 11.3 Å². The lowest BCUT2D eigenvalue weighted by Crippen LogP contribution is -2.49. The number of nitro groups is 1. The van der Waals surface area contributed by atoms with E-state index in [1.54, 1.807) is 17.0 Å². The number of nitrogens with zero attached hydrogens (tertiary/aromatic N) is 4. The summed E-state index contributed by atoms with van der Waals surface area (Å²) in [6, 6.07) is 17.0. The molecule has 1 aromatic heterocycles. The third-order valence-corrected chi connectivity index (χ3v) is 5.79. The summed E-state index contributed by atoms with van der Waals surface area (Å²) in [5, 5.41) is 11.5. The molecule has 0 aliphatic carbocycles. The molecule has 33 heavy (non-hydrogen) atoms. The summed E-state index contributed by atoms with van der Waals surface area (Å²) >= 11 is 0. The molecule has 170 valence electrons. The Kier molecular flexibility index (Phi) is 6.46. The topological polar surface area (TPSA) is 79.6 Å². The molecule has 1 amide bonds. The maximum Gasteiger partial charge on any atom is 0.291 e. The van der Waals surface area contributed by atoms with Gasteiger partial charge in [-0.25, -0.2) is 9.37 Å². The van der Waals surface area contributed by atoms with Crippen LogP contribution in [0.4, 0.5) is 10.1 Å². The Bertz CT molecular complexity index is 1160. The van der Waals surface area contributed by atoms with Gasteiger partial charge in [0.1, 0.15) is 11.5 Å². The zero-order valence-corrected chi connectivity index (χ0v) is 18.6. The molecule has 1 aliphatic heterocycles. The maximum atomic E-state index is 13.2. The molecule has 1 fully saturated rings. The standard InChI is InChI=1S/C25H25FN4O3/c1-28(2)14-17-3-5-18(6-4-17)20-15-29(16-20)25(31)13-23-24(30(32)33)12-11-22(27-23)19-7-9-21(26)10-8-19/h3-12,20H,13-16H2,1-2H3. The number of rotatable bonds is 7. The van der Waals surface area contributed by atoms with Crippen molar-refractivity contribution in [2.75, 3.05) is 27.2 Å². The lowest BCUT2D eigenvalue weighted by Gasteiger charge is -2.39. The van der Waals surface area contributed by atoms with E-state index in [9.17, 15) is 19.3 Å². The van der Waals surface area contributed by atoms with Gasteiger partial charge in [-0.15, -0.1) is 0 Å². The van der Waals surface area contributed by atoms with Gasteiger partial charge < -0.3 is 9.80 Å². The quantitative estimate of drug-likeness (QED) is 0.403. The number of hydrogen-bond acceptors (Lipinski definition) is 5. The number of amides is 1. The minimum atomic E-state index is -0.530. The van der Waals surface area contributed by atoms with Crippen molar-refractivity contribution in [1.29, 1.82) is 0 Å². The largest absolute Gasteiger partial charge is 0.341 e. The highest BCUT2D eigenvalue weighted by molar-refractivity contribution is 5.80. The van der Waals surface area contributed by atoms with Gasteiger partial charge in [-0.1, -0.05) is 24.3 Å². The molecule has 0 N–H and O–H groups in total. The SMILES string of the molecule is CN(C)Cc1ccc(C2CN(C(=O)Cc3nc(-c4ccc(F)cc4)ccc3[N+](=O)[O-])C2)cc1. The second kappa shape index (κ2) is 9.46. The third kappa shape index (κ3) is 5.23. The lowest BCUT2D eigenvalue weighted by atomic mass is 9.90. The van der Waals surface area contributed by atoms with Gasteiger partial charge in [0.15, 0.2) is 0 Å². The van der Waals surface area contributed by atoms with E-state index in [1.165, 1.54) is 35.4 Å². The van der Waals surface area contributed by atoms with E-state index < -0.39 is 4.92 Å². The predicted octanol–water partition coefficient (Wildman–Crippen LogP) is 4.03. The molecule has 0 saturated carbocycles. The maximum absolute atomic E-state index is 13.2. The molecular formula is C25H25FN4O3. The van der Waals surface area contributed by atoms with Gasteiger partial charge in [0.2, 0.25) is 5.91 Å². The highest BCUT2D eigenvalue weighted by Crippen LogP contribution is 2.29. The molecule has 1 aliphatic rings. The molecule has 4 rings (SSSR count). The number of likely N-dealkylation sites (tertiary alicyclic amines) is 1. The number of hydrogen-bond donors (Lipinski definition) is 0. The zero-order chi connectivity index (χ0) is 23.5. The Balaban J connectivity index is 1.43. The van der Waals surface area contributed by atoms with E-state index >= 15 is 0 Å². The van der Waals surface area contributed by atoms with E-state index in [2.05, 4.69) is 34.1 Å². The first-order valence-corrected chi connectivity index (χ1v) is 10.7. The summed E-state index contributed by atoms with van der Waals surface area (Å²) in [4.78, 5) is 31.9. The van der Waals surface area contributed by atoms with E-state index in [0.29, 0.717) is 24.3 Å². The van der Waals surface area contributed by atoms with Crippen molar-refractivity contribution in [1.82, 2.24) is 14.8 Å². The van der Waals surface area contributed by atoms with Crippen molar-refractivity contribution < 1.29 is 14.1 Å². The van der Waals surface area contributed by atoms with Crippen molar-refractivity contribution in [3.05, 3.63) is 93.4 Å². The molecule has 0 unspecified atom stereocenters. The molecule has 3 aromatic rings. The Morgan fingerprint density at radius 1 is 1.09 bits per heavy atom. The number of pyridine rings is 1. The number of aromatic nitrogens is 1. The van der Waals surface area contributed by atoms with Gasteiger partial charge in [-0.2, -0.15) is 0 Å². The second-order valence-corrected chi connectivity index (χ2v) is 8.58. The first-order valence-electron chi connectivity index (χ1n) is 10.7. The molecule has 1 saturated heterocycles. The highest BCUT2D eigenvalue weighted by atomic mass is 19.1. The Morgan fingerprint density at radius 3 is 2.36 bits per heavy atom. The van der Waals surface area contributed by atoms with Crippen LogP contribution < -0.4 is 0 Å². The van der Waals surface area contributed by atoms with Crippen molar-refractivity contribution in [2.24, 2.45) is 0 Å². The summed E-state index contributed by atoms with van der Waals surface area (Å²) in [5.41, 5.74) is 3.43. The van der Waals surface area contributed by atoms with Gasteiger partial charge >= 0.3 is 0 Å². The fourth-order valence-corrected chi connectivity index (χ4v) is 3.98. The van der Waals surface area contributed by atoms with Crippen LogP contribution in [0.5, 0.6) is 0 Å². The highest BCUT2D eigenvalue weighted by Gasteiger charge is 2.33. The molecule has 8 heteroatoms. The Morgan fingerprint density at radius 2 is 1.76 bits per heavy atom. The number of benzene rings is 2. The first kappa shape index (κ1) is 22.5. The van der Waals surface area contributed by atoms with E-state index in [4.69, 9.17) is 0 Å². The summed E-state index contributed by atoms with van der Waals surface area (Å²) in [6.07, 6.45) is -0.153. The predicted molar refractivity (Wildman–Crippen MR) is 123 cm³/mol. The van der Waals surface area contributed by atoms with Gasteiger partial charge in [0, 0.05) is 37.2 Å². The van der Waals surface area contributed by atoms with Crippen LogP contribution in [0.2, 0.25) is 0 Å². The number of carbonyl (C=O) groups is 1. The average molecular weight is 448 g/mol. The van der Waals surface area contributed by atoms with Crippen LogP contribution in [0.1, 0.15) is 22.7 Å². The van der Waals surface area contributed by atoms with Gasteiger partial charge in [0.25, 0.3) is 5.69 Å². The lowest BCUT2D eigenvalue weighted by molar-refractivity contribution is -0.385. The van der Waals surface area contributed by atoms with Crippen LogP contribution >= 0.6 is 0 Å². The van der Waals surface area contributed by atoms with Gasteiger partial charge in [-0.05, 0) is 55.6 Å². The molecule has 2 heterocycles. The van der Waals surface area contributed by atoms with E-state index in [0.717, 1.165) is 6.54 Å². The molecular weight excluding hydrogens is 423 g/mol. The van der Waals surface area contributed by atoms with Crippen LogP contribution in [0, 0.1) is 15.9 Å². The number of halogens is 1. The minimum Gasteiger partial charge on any atom is -0.341 e. The summed E-state index contributed by atoms with van der Waals surface area (Å²) in [5.74, 6) is -0.311. The summed E-state index contributed by atoms with van der Waals surface area (Å²) < 4.78 is 13.2. The van der Waals surface area contributed by atoms with Crippen molar-refractivity contribution in [3.63, 3.8) is 0 Å². The fraction of sp³-hybridized carbons (Fsp3) is 0.280. The van der Waals surface area contributed by atoms with Crippen LogP contribution in [-0.2, 0) is 17.8 Å². The molecule has 0 radical (unpaired) electrons. The Hall–Kier alpha value is -3.65. The second-order valence-electron chi connectivity index (χ2n) is 8.58. The molecule has 2 aromatic carbocycles. The summed E-state index contributed by atoms with van der Waals surface area (Å²) in [7, 11) is 4.05. The summed E-state index contributed by atoms with van der Waals surface area (Å²) in [6.45, 7) is 2.03. The molecule has 0 spiro atoms. The van der Waals surface area contributed by atoms with Crippen LogP contribution in [0.25, 0.3) is 11.3 Å². The van der Waals surface area contributed by atoms with E-state index in [1.807, 2.05) is 14.1 Å².